The van der Waals surface area contributed by atoms with E-state index in [9.17, 15) is 18.8 Å². The minimum absolute atomic E-state index is 0.0104. The first-order chi connectivity index (χ1) is 17.7. The van der Waals surface area contributed by atoms with Crippen molar-refractivity contribution in [3.8, 4) is 0 Å². The molecule has 2 aromatic rings. The topological polar surface area (TPSA) is 73.0 Å². The fourth-order valence-corrected chi connectivity index (χ4v) is 5.13. The largest absolute Gasteiger partial charge is 0.343 e. The molecular weight excluding hydrogens is 471 g/mol. The minimum Gasteiger partial charge on any atom is -0.343 e. The number of hydrogen-bond acceptors (Lipinski definition) is 4. The van der Waals surface area contributed by atoms with Crippen molar-refractivity contribution in [2.45, 2.75) is 51.4 Å². The second-order valence-electron chi connectivity index (χ2n) is 10.4. The van der Waals surface area contributed by atoms with E-state index >= 15 is 0 Å². The van der Waals surface area contributed by atoms with Crippen LogP contribution in [0.25, 0.3) is 0 Å². The zero-order valence-corrected chi connectivity index (χ0v) is 21.9. The van der Waals surface area contributed by atoms with Crippen LogP contribution in [0.5, 0.6) is 0 Å². The Morgan fingerprint density at radius 2 is 1.51 bits per heavy atom. The fourth-order valence-electron chi connectivity index (χ4n) is 5.13. The quantitative estimate of drug-likeness (QED) is 0.624. The predicted octanol–water partition coefficient (Wildman–Crippen LogP) is 3.12. The van der Waals surface area contributed by atoms with E-state index < -0.39 is 18.3 Å². The third kappa shape index (κ3) is 6.55. The summed E-state index contributed by atoms with van der Waals surface area (Å²) in [5, 5.41) is 3.11. The minimum atomic E-state index is -1.24. The SMILES string of the molecule is CC(=O)N1CCN(CC(=O)N2C[C@H](F)C[C@H]2C(=O)N[C@@H](c2ccccc2)c2ccc(C(C)C)cc2)CC1. The molecule has 3 amide bonds. The van der Waals surface area contributed by atoms with Gasteiger partial charge in [-0.25, -0.2) is 4.39 Å². The van der Waals surface area contributed by atoms with Crippen LogP contribution in [0.1, 0.15) is 55.8 Å². The second-order valence-corrected chi connectivity index (χ2v) is 10.4. The van der Waals surface area contributed by atoms with E-state index in [1.165, 1.54) is 17.4 Å². The summed E-state index contributed by atoms with van der Waals surface area (Å²) >= 11 is 0. The highest BCUT2D eigenvalue weighted by atomic mass is 19.1. The molecule has 3 atom stereocenters. The molecule has 0 radical (unpaired) electrons. The molecule has 2 fully saturated rings. The van der Waals surface area contributed by atoms with Crippen LogP contribution in [0.15, 0.2) is 54.6 Å². The Balaban J connectivity index is 1.47. The lowest BCUT2D eigenvalue weighted by molar-refractivity contribution is -0.140. The molecule has 0 bridgehead atoms. The van der Waals surface area contributed by atoms with Gasteiger partial charge in [-0.05, 0) is 22.6 Å². The summed E-state index contributed by atoms with van der Waals surface area (Å²) < 4.78 is 14.5. The molecule has 37 heavy (non-hydrogen) atoms. The number of carbonyl (C=O) groups excluding carboxylic acids is 3. The van der Waals surface area contributed by atoms with E-state index in [0.717, 1.165) is 11.1 Å². The van der Waals surface area contributed by atoms with Crippen LogP contribution in [0.2, 0.25) is 0 Å². The van der Waals surface area contributed by atoms with E-state index in [4.69, 9.17) is 0 Å². The maximum atomic E-state index is 14.5. The smallest absolute Gasteiger partial charge is 0.243 e. The first-order valence-electron chi connectivity index (χ1n) is 13.1. The van der Waals surface area contributed by atoms with Gasteiger partial charge in [0, 0.05) is 39.5 Å². The number of nitrogens with one attached hydrogen (secondary N) is 1. The number of amides is 3. The van der Waals surface area contributed by atoms with E-state index in [1.54, 1.807) is 4.90 Å². The number of alkyl halides is 1. The van der Waals surface area contributed by atoms with Gasteiger partial charge in [-0.1, -0.05) is 68.4 Å². The summed E-state index contributed by atoms with van der Waals surface area (Å²) in [5.41, 5.74) is 3.06. The predicted molar refractivity (Wildman–Crippen MR) is 141 cm³/mol. The number of rotatable bonds is 7. The highest BCUT2D eigenvalue weighted by Gasteiger charge is 2.41. The second kappa shape index (κ2) is 11.9. The van der Waals surface area contributed by atoms with E-state index in [1.807, 2.05) is 47.4 Å². The molecule has 8 heteroatoms. The molecule has 1 N–H and O–H groups in total. The van der Waals surface area contributed by atoms with E-state index in [-0.39, 0.29) is 37.2 Å². The van der Waals surface area contributed by atoms with Gasteiger partial charge in [0.1, 0.15) is 12.2 Å². The van der Waals surface area contributed by atoms with Crippen LogP contribution in [0.3, 0.4) is 0 Å². The highest BCUT2D eigenvalue weighted by Crippen LogP contribution is 2.27. The molecular formula is C29H37FN4O3. The van der Waals surface area contributed by atoms with Crippen molar-refractivity contribution >= 4 is 17.7 Å². The molecule has 0 aromatic heterocycles. The molecule has 0 aliphatic carbocycles. The van der Waals surface area contributed by atoms with Gasteiger partial charge in [-0.3, -0.25) is 19.3 Å². The molecule has 0 saturated carbocycles. The molecule has 2 aliphatic heterocycles. The average Bonchev–Trinajstić information content (AvgIpc) is 3.30. The Morgan fingerprint density at radius 3 is 2.11 bits per heavy atom. The maximum absolute atomic E-state index is 14.5. The van der Waals surface area contributed by atoms with Crippen molar-refractivity contribution in [1.82, 2.24) is 20.0 Å². The van der Waals surface area contributed by atoms with Gasteiger partial charge in [0.15, 0.2) is 0 Å². The van der Waals surface area contributed by atoms with Crippen LogP contribution < -0.4 is 5.32 Å². The van der Waals surface area contributed by atoms with Crippen LogP contribution >= 0.6 is 0 Å². The van der Waals surface area contributed by atoms with Crippen LogP contribution in [0, 0.1) is 0 Å². The van der Waals surface area contributed by atoms with Crippen molar-refractivity contribution in [3.05, 3.63) is 71.3 Å². The summed E-state index contributed by atoms with van der Waals surface area (Å²) in [6, 6.07) is 16.6. The zero-order valence-electron chi connectivity index (χ0n) is 21.9. The van der Waals surface area contributed by atoms with Crippen LogP contribution in [-0.2, 0) is 14.4 Å². The van der Waals surface area contributed by atoms with Crippen molar-refractivity contribution < 1.29 is 18.8 Å². The third-order valence-corrected chi connectivity index (χ3v) is 7.41. The number of benzene rings is 2. The molecule has 4 rings (SSSR count). The first kappa shape index (κ1) is 26.8. The van der Waals surface area contributed by atoms with Gasteiger partial charge >= 0.3 is 0 Å². The molecule has 2 saturated heterocycles. The Kier molecular flexibility index (Phi) is 8.59. The number of likely N-dealkylation sites (tertiary alicyclic amines) is 1. The number of halogens is 1. The van der Waals surface area contributed by atoms with Gasteiger partial charge in [0.25, 0.3) is 0 Å². The van der Waals surface area contributed by atoms with Crippen LogP contribution in [0.4, 0.5) is 4.39 Å². The Labute approximate surface area is 218 Å². The van der Waals surface area contributed by atoms with Crippen molar-refractivity contribution in [2.75, 3.05) is 39.3 Å². The van der Waals surface area contributed by atoms with Crippen molar-refractivity contribution in [2.24, 2.45) is 0 Å². The summed E-state index contributed by atoms with van der Waals surface area (Å²) in [5.74, 6) is -0.191. The van der Waals surface area contributed by atoms with Crippen LogP contribution in [-0.4, -0.2) is 83.9 Å². The highest BCUT2D eigenvalue weighted by molar-refractivity contribution is 5.89. The lowest BCUT2D eigenvalue weighted by atomic mass is 9.95. The maximum Gasteiger partial charge on any atom is 0.243 e. The third-order valence-electron chi connectivity index (χ3n) is 7.41. The Morgan fingerprint density at radius 1 is 0.919 bits per heavy atom. The normalized spacial score (nSPS) is 21.2. The number of hydrogen-bond donors (Lipinski definition) is 1. The summed E-state index contributed by atoms with van der Waals surface area (Å²) in [6.07, 6.45) is -1.25. The fraction of sp³-hybridized carbons (Fsp3) is 0.483. The number of piperazine rings is 1. The lowest BCUT2D eigenvalue weighted by Gasteiger charge is -2.35. The Hall–Kier alpha value is -3.26. The molecule has 7 nitrogen and oxygen atoms in total. The van der Waals surface area contributed by atoms with E-state index in [0.29, 0.717) is 32.1 Å². The molecule has 0 unspecified atom stereocenters. The molecule has 0 spiro atoms. The number of nitrogens with zero attached hydrogens (tertiary/aromatic N) is 3. The van der Waals surface area contributed by atoms with Gasteiger partial charge in [-0.2, -0.15) is 0 Å². The lowest BCUT2D eigenvalue weighted by Crippen LogP contribution is -2.53. The molecule has 2 aromatic carbocycles. The number of carbonyl (C=O) groups is 3. The van der Waals surface area contributed by atoms with Crippen molar-refractivity contribution in [1.29, 1.82) is 0 Å². The zero-order chi connectivity index (χ0) is 26.5. The molecule has 198 valence electrons. The summed E-state index contributed by atoms with van der Waals surface area (Å²) in [6.45, 7) is 8.12. The monoisotopic (exact) mass is 508 g/mol. The standard InChI is InChI=1S/C29H37FN4O3/c1-20(2)22-9-11-24(12-10-22)28(23-7-5-4-6-8-23)31-29(37)26-17-25(30)18-34(26)27(36)19-32-13-15-33(16-14-32)21(3)35/h4-12,20,25-26,28H,13-19H2,1-3H3,(H,31,37)/t25-,26+,28+/m1/s1. The first-order valence-corrected chi connectivity index (χ1v) is 13.1. The average molecular weight is 509 g/mol. The Bertz CT molecular complexity index is 1080. The van der Waals surface area contributed by atoms with Gasteiger partial charge in [0.05, 0.1) is 19.1 Å². The molecule has 2 heterocycles. The van der Waals surface area contributed by atoms with Crippen molar-refractivity contribution in [3.63, 3.8) is 0 Å². The van der Waals surface area contributed by atoms with Gasteiger partial charge < -0.3 is 15.1 Å². The van der Waals surface area contributed by atoms with Gasteiger partial charge in [-0.15, -0.1) is 0 Å². The van der Waals surface area contributed by atoms with Gasteiger partial charge in [0.2, 0.25) is 17.7 Å². The summed E-state index contributed by atoms with van der Waals surface area (Å²) in [4.78, 5) is 43.4. The van der Waals surface area contributed by atoms with E-state index in [2.05, 4.69) is 31.3 Å². The molecule has 2 aliphatic rings. The summed E-state index contributed by atoms with van der Waals surface area (Å²) in [7, 11) is 0.